The number of primary amides is 1. The molecule has 0 bridgehead atoms. The van der Waals surface area contributed by atoms with Crippen LogP contribution in [0.4, 0.5) is 10.2 Å². The number of amides is 1. The fourth-order valence-electron chi connectivity index (χ4n) is 2.83. The number of anilines is 1. The van der Waals surface area contributed by atoms with E-state index in [-0.39, 0.29) is 22.7 Å². The van der Waals surface area contributed by atoms with Crippen LogP contribution in [-0.4, -0.2) is 20.6 Å². The number of nitrogens with two attached hydrogens (primary N) is 2. The summed E-state index contributed by atoms with van der Waals surface area (Å²) in [6, 6.07) is 2.54. The van der Waals surface area contributed by atoms with Crippen molar-refractivity contribution in [1.82, 2.24) is 9.55 Å². The number of halogens is 2. The summed E-state index contributed by atoms with van der Waals surface area (Å²) >= 11 is 5.95. The summed E-state index contributed by atoms with van der Waals surface area (Å²) in [7, 11) is 0. The van der Waals surface area contributed by atoms with Crippen molar-refractivity contribution in [3.63, 3.8) is 0 Å². The summed E-state index contributed by atoms with van der Waals surface area (Å²) in [5, 5.41) is 10.6. The molecule has 0 spiro atoms. The number of fused-ring (bicyclic) bond motifs is 1. The summed E-state index contributed by atoms with van der Waals surface area (Å²) in [4.78, 5) is 16.0. The van der Waals surface area contributed by atoms with Crippen LogP contribution in [-0.2, 0) is 0 Å². The van der Waals surface area contributed by atoms with E-state index in [9.17, 15) is 14.3 Å². The molecule has 2 heterocycles. The number of aromatic hydroxyl groups is 1. The van der Waals surface area contributed by atoms with Crippen LogP contribution in [0.3, 0.4) is 0 Å². The number of nitrogen functional groups attached to an aromatic ring is 1. The molecule has 5 N–H and O–H groups in total. The van der Waals surface area contributed by atoms with E-state index in [0.717, 1.165) is 6.07 Å². The van der Waals surface area contributed by atoms with Gasteiger partial charge in [-0.2, -0.15) is 0 Å². The van der Waals surface area contributed by atoms with Gasteiger partial charge in [-0.3, -0.25) is 9.36 Å². The molecule has 0 aliphatic heterocycles. The second kappa shape index (κ2) is 5.38. The van der Waals surface area contributed by atoms with Crippen LogP contribution in [0.15, 0.2) is 18.3 Å². The Morgan fingerprint density at radius 1 is 1.33 bits per heavy atom. The summed E-state index contributed by atoms with van der Waals surface area (Å²) < 4.78 is 15.5. The zero-order valence-corrected chi connectivity index (χ0v) is 13.6. The predicted molar refractivity (Wildman–Crippen MR) is 90.1 cm³/mol. The van der Waals surface area contributed by atoms with Gasteiger partial charge in [0.05, 0.1) is 16.3 Å². The van der Waals surface area contributed by atoms with E-state index in [4.69, 9.17) is 23.1 Å². The zero-order chi connectivity index (χ0) is 17.8. The van der Waals surface area contributed by atoms with Crippen molar-refractivity contribution in [3.05, 3.63) is 45.9 Å². The van der Waals surface area contributed by atoms with Crippen molar-refractivity contribution in [2.24, 2.45) is 5.73 Å². The quantitative estimate of drug-likeness (QED) is 0.661. The number of nitrogens with zero attached hydrogens (tertiary/aromatic N) is 2. The Kier molecular flexibility index (Phi) is 3.60. The fraction of sp³-hybridized carbons (Fsp3) is 0.125. The maximum atomic E-state index is 14.1. The molecule has 24 heavy (non-hydrogen) atoms. The second-order valence-electron chi connectivity index (χ2n) is 5.46. The molecule has 3 aromatic rings. The minimum atomic E-state index is -0.753. The normalized spacial score (nSPS) is 11.2. The highest BCUT2D eigenvalue weighted by molar-refractivity contribution is 6.31. The van der Waals surface area contributed by atoms with Gasteiger partial charge in [0.15, 0.2) is 0 Å². The molecule has 3 rings (SSSR count). The van der Waals surface area contributed by atoms with E-state index < -0.39 is 11.7 Å². The van der Waals surface area contributed by atoms with Crippen LogP contribution in [0, 0.1) is 19.7 Å². The van der Waals surface area contributed by atoms with Crippen LogP contribution in [0.5, 0.6) is 5.75 Å². The van der Waals surface area contributed by atoms with E-state index in [1.54, 1.807) is 13.8 Å². The predicted octanol–water partition coefficient (Wildman–Crippen LogP) is 2.82. The molecular formula is C16H14ClFN4O2. The highest BCUT2D eigenvalue weighted by atomic mass is 35.5. The first-order valence-corrected chi connectivity index (χ1v) is 7.36. The molecule has 0 aliphatic rings. The molecule has 0 unspecified atom stereocenters. The van der Waals surface area contributed by atoms with Gasteiger partial charge in [0.25, 0.3) is 5.91 Å². The Hall–Kier alpha value is -2.80. The highest BCUT2D eigenvalue weighted by Crippen LogP contribution is 2.37. The number of hydrogen-bond donors (Lipinski definition) is 3. The molecule has 1 aromatic carbocycles. The van der Waals surface area contributed by atoms with Crippen molar-refractivity contribution < 1.29 is 14.3 Å². The maximum Gasteiger partial charge on any atom is 0.253 e. The largest absolute Gasteiger partial charge is 0.507 e. The third-order valence-corrected chi connectivity index (χ3v) is 4.20. The first kappa shape index (κ1) is 16.1. The number of carbonyl (C=O) groups is 1. The third kappa shape index (κ3) is 2.16. The van der Waals surface area contributed by atoms with Crippen molar-refractivity contribution in [2.45, 2.75) is 13.8 Å². The molecule has 124 valence electrons. The molecule has 2 aromatic heterocycles. The number of rotatable bonds is 2. The smallest absolute Gasteiger partial charge is 0.253 e. The number of aromatic nitrogens is 2. The first-order valence-electron chi connectivity index (χ1n) is 6.98. The summed E-state index contributed by atoms with van der Waals surface area (Å²) in [6.45, 7) is 3.16. The van der Waals surface area contributed by atoms with Gasteiger partial charge >= 0.3 is 0 Å². The van der Waals surface area contributed by atoms with Crippen molar-refractivity contribution >= 4 is 34.4 Å². The average Bonchev–Trinajstić information content (AvgIpc) is 2.77. The van der Waals surface area contributed by atoms with Gasteiger partial charge in [0.2, 0.25) is 0 Å². The standard InChI is InChI=1S/C16H14ClFN4O2/c1-6-10(18)4-11(23)7(2)13(6)22-14(19)12(15(20)24)9-3-8(17)5-21-16(9)22/h3-5,23H,19H2,1-2H3,(H2,20,24). The van der Waals surface area contributed by atoms with E-state index in [1.165, 1.54) is 16.8 Å². The zero-order valence-electron chi connectivity index (χ0n) is 12.9. The lowest BCUT2D eigenvalue weighted by Gasteiger charge is -2.16. The average molecular weight is 349 g/mol. The van der Waals surface area contributed by atoms with E-state index >= 15 is 0 Å². The number of benzene rings is 1. The molecule has 0 saturated heterocycles. The number of phenols is 1. The molecule has 0 atom stereocenters. The summed E-state index contributed by atoms with van der Waals surface area (Å²) in [5.41, 5.74) is 12.8. The SMILES string of the molecule is Cc1c(O)cc(F)c(C)c1-n1c(N)c(C(N)=O)c2cc(Cl)cnc21. The van der Waals surface area contributed by atoms with Crippen LogP contribution in [0.25, 0.3) is 16.7 Å². The number of phenolic OH excluding ortho intramolecular Hbond substituents is 1. The van der Waals surface area contributed by atoms with Gasteiger partial charge in [0, 0.05) is 28.8 Å². The van der Waals surface area contributed by atoms with Crippen molar-refractivity contribution in [1.29, 1.82) is 0 Å². The minimum Gasteiger partial charge on any atom is -0.507 e. The van der Waals surface area contributed by atoms with E-state index in [0.29, 0.717) is 27.3 Å². The topological polar surface area (TPSA) is 107 Å². The van der Waals surface area contributed by atoms with Crippen LogP contribution < -0.4 is 11.5 Å². The molecule has 1 amide bonds. The summed E-state index contributed by atoms with van der Waals surface area (Å²) in [5.74, 6) is -1.59. The summed E-state index contributed by atoms with van der Waals surface area (Å²) in [6.07, 6.45) is 1.38. The minimum absolute atomic E-state index is 0.00321. The van der Waals surface area contributed by atoms with Crippen molar-refractivity contribution in [3.8, 4) is 11.4 Å². The Balaban J connectivity index is 2.54. The Morgan fingerprint density at radius 2 is 2.00 bits per heavy atom. The van der Waals surface area contributed by atoms with Gasteiger partial charge < -0.3 is 16.6 Å². The van der Waals surface area contributed by atoms with Gasteiger partial charge in [-0.25, -0.2) is 9.37 Å². The maximum absolute atomic E-state index is 14.1. The lowest BCUT2D eigenvalue weighted by Crippen LogP contribution is -2.14. The van der Waals surface area contributed by atoms with Gasteiger partial charge in [0.1, 0.15) is 23.0 Å². The van der Waals surface area contributed by atoms with Crippen molar-refractivity contribution in [2.75, 3.05) is 5.73 Å². The Labute approximate surface area is 141 Å². The third-order valence-electron chi connectivity index (χ3n) is 4.00. The van der Waals surface area contributed by atoms with E-state index in [2.05, 4.69) is 4.98 Å². The van der Waals surface area contributed by atoms with E-state index in [1.807, 2.05) is 0 Å². The molecule has 6 nitrogen and oxygen atoms in total. The van der Waals surface area contributed by atoms with Gasteiger partial charge in [-0.05, 0) is 19.9 Å². The lowest BCUT2D eigenvalue weighted by atomic mass is 10.1. The molecule has 0 fully saturated rings. The van der Waals surface area contributed by atoms with Gasteiger partial charge in [-0.1, -0.05) is 11.6 Å². The molecular weight excluding hydrogens is 335 g/mol. The Bertz CT molecular complexity index is 987. The molecule has 0 aliphatic carbocycles. The number of carbonyl (C=O) groups excluding carboxylic acids is 1. The fourth-order valence-corrected chi connectivity index (χ4v) is 2.99. The van der Waals surface area contributed by atoms with Crippen LogP contribution >= 0.6 is 11.6 Å². The molecule has 0 radical (unpaired) electrons. The number of hydrogen-bond acceptors (Lipinski definition) is 4. The van der Waals surface area contributed by atoms with Crippen LogP contribution in [0.2, 0.25) is 5.02 Å². The molecule has 8 heteroatoms. The highest BCUT2D eigenvalue weighted by Gasteiger charge is 2.24. The first-order chi connectivity index (χ1) is 11.2. The van der Waals surface area contributed by atoms with Crippen LogP contribution in [0.1, 0.15) is 21.5 Å². The van der Waals surface area contributed by atoms with Gasteiger partial charge in [-0.15, -0.1) is 0 Å². The lowest BCUT2D eigenvalue weighted by molar-refractivity contribution is 0.100. The Morgan fingerprint density at radius 3 is 2.62 bits per heavy atom. The molecule has 0 saturated carbocycles. The second-order valence-corrected chi connectivity index (χ2v) is 5.90. The monoisotopic (exact) mass is 348 g/mol. The number of pyridine rings is 1.